The Bertz CT molecular complexity index is 296. The summed E-state index contributed by atoms with van der Waals surface area (Å²) in [7, 11) is 0. The molecule has 18 heavy (non-hydrogen) atoms. The monoisotopic (exact) mass is 258 g/mol. The molecule has 6 heteroatoms. The van der Waals surface area contributed by atoms with Crippen molar-refractivity contribution in [2.75, 3.05) is 26.2 Å². The van der Waals surface area contributed by atoms with Crippen LogP contribution in [-0.2, 0) is 9.53 Å². The summed E-state index contributed by atoms with van der Waals surface area (Å²) >= 11 is 0. The summed E-state index contributed by atoms with van der Waals surface area (Å²) in [6.45, 7) is 6.08. The number of carboxylic acid groups (broad SMARTS) is 1. The lowest BCUT2D eigenvalue weighted by molar-refractivity contribution is -0.137. The maximum Gasteiger partial charge on any atom is 0.317 e. The summed E-state index contributed by atoms with van der Waals surface area (Å²) in [5, 5.41) is 11.4. The summed E-state index contributed by atoms with van der Waals surface area (Å²) in [5.74, 6) is -0.902. The van der Waals surface area contributed by atoms with Gasteiger partial charge < -0.3 is 20.1 Å². The van der Waals surface area contributed by atoms with Crippen LogP contribution >= 0.6 is 0 Å². The highest BCUT2D eigenvalue weighted by molar-refractivity contribution is 5.74. The Kier molecular flexibility index (Phi) is 5.91. The van der Waals surface area contributed by atoms with E-state index in [-0.39, 0.29) is 24.5 Å². The van der Waals surface area contributed by atoms with Crippen molar-refractivity contribution in [1.82, 2.24) is 10.2 Å². The van der Waals surface area contributed by atoms with E-state index in [0.717, 1.165) is 6.42 Å². The Morgan fingerprint density at radius 2 is 2.28 bits per heavy atom. The number of urea groups is 1. The summed E-state index contributed by atoms with van der Waals surface area (Å²) in [6.07, 6.45) is 0.956. The molecule has 1 aliphatic rings. The highest BCUT2D eigenvalue weighted by Gasteiger charge is 2.20. The zero-order valence-corrected chi connectivity index (χ0v) is 11.0. The number of carbonyl (C=O) groups excluding carboxylic acids is 1. The summed E-state index contributed by atoms with van der Waals surface area (Å²) in [4.78, 5) is 24.1. The van der Waals surface area contributed by atoms with Crippen molar-refractivity contribution in [3.8, 4) is 0 Å². The van der Waals surface area contributed by atoms with Crippen molar-refractivity contribution in [3.05, 3.63) is 0 Å². The van der Waals surface area contributed by atoms with Crippen molar-refractivity contribution in [2.24, 2.45) is 5.92 Å². The molecule has 6 nitrogen and oxygen atoms in total. The first-order valence-corrected chi connectivity index (χ1v) is 6.35. The number of nitrogens with zero attached hydrogens (tertiary/aromatic N) is 1. The molecule has 0 aliphatic carbocycles. The quantitative estimate of drug-likeness (QED) is 0.786. The van der Waals surface area contributed by atoms with E-state index in [9.17, 15) is 9.59 Å². The predicted molar refractivity (Wildman–Crippen MR) is 66.4 cm³/mol. The SMILES string of the molecule is CC(CNC(=O)N1CCCOC(C)C1)CC(=O)O. The standard InChI is InChI=1S/C12H22N2O4/c1-9(6-11(15)16)7-13-12(17)14-4-3-5-18-10(2)8-14/h9-10H,3-8H2,1-2H3,(H,13,17)(H,15,16). The minimum Gasteiger partial charge on any atom is -0.481 e. The predicted octanol–water partition coefficient (Wildman–Crippen LogP) is 0.918. The average molecular weight is 258 g/mol. The molecule has 2 unspecified atom stereocenters. The Balaban J connectivity index is 2.32. The zero-order valence-electron chi connectivity index (χ0n) is 11.0. The van der Waals surface area contributed by atoms with Gasteiger partial charge in [0.1, 0.15) is 0 Å². The van der Waals surface area contributed by atoms with Crippen LogP contribution in [0.2, 0.25) is 0 Å². The van der Waals surface area contributed by atoms with Crippen LogP contribution in [0.25, 0.3) is 0 Å². The van der Waals surface area contributed by atoms with Gasteiger partial charge in [0.2, 0.25) is 0 Å². The molecule has 0 aromatic heterocycles. The van der Waals surface area contributed by atoms with Crippen LogP contribution in [0.3, 0.4) is 0 Å². The minimum atomic E-state index is -0.839. The first-order valence-electron chi connectivity index (χ1n) is 6.35. The maximum atomic E-state index is 11.9. The van der Waals surface area contributed by atoms with Crippen molar-refractivity contribution in [2.45, 2.75) is 32.8 Å². The number of rotatable bonds is 4. The highest BCUT2D eigenvalue weighted by Crippen LogP contribution is 2.06. The first kappa shape index (κ1) is 14.8. The lowest BCUT2D eigenvalue weighted by Crippen LogP contribution is -2.44. The van der Waals surface area contributed by atoms with Crippen LogP contribution in [0.5, 0.6) is 0 Å². The molecular weight excluding hydrogens is 236 g/mol. The molecule has 0 aromatic carbocycles. The number of carbonyl (C=O) groups is 2. The van der Waals surface area contributed by atoms with Crippen LogP contribution in [0.4, 0.5) is 4.79 Å². The largest absolute Gasteiger partial charge is 0.481 e. The van der Waals surface area contributed by atoms with E-state index in [4.69, 9.17) is 9.84 Å². The van der Waals surface area contributed by atoms with Gasteiger partial charge in [0.05, 0.1) is 6.10 Å². The molecule has 104 valence electrons. The van der Waals surface area contributed by atoms with Gasteiger partial charge in [-0.25, -0.2) is 4.79 Å². The van der Waals surface area contributed by atoms with Gasteiger partial charge in [-0.2, -0.15) is 0 Å². The molecule has 0 aromatic rings. The molecule has 2 amide bonds. The Morgan fingerprint density at radius 3 is 2.94 bits per heavy atom. The molecular formula is C12H22N2O4. The van der Waals surface area contributed by atoms with E-state index < -0.39 is 5.97 Å². The van der Waals surface area contributed by atoms with Gasteiger partial charge in [-0.15, -0.1) is 0 Å². The Labute approximate surface area is 107 Å². The van der Waals surface area contributed by atoms with Gasteiger partial charge in [0.25, 0.3) is 0 Å². The molecule has 0 bridgehead atoms. The van der Waals surface area contributed by atoms with E-state index in [1.807, 2.05) is 13.8 Å². The van der Waals surface area contributed by atoms with Crippen LogP contribution in [0, 0.1) is 5.92 Å². The fourth-order valence-corrected chi connectivity index (χ4v) is 1.92. The van der Waals surface area contributed by atoms with Crippen LogP contribution in [-0.4, -0.2) is 54.4 Å². The normalized spacial score (nSPS) is 22.1. The summed E-state index contributed by atoms with van der Waals surface area (Å²) in [6, 6.07) is -0.135. The number of hydrogen-bond acceptors (Lipinski definition) is 3. The van der Waals surface area contributed by atoms with Crippen molar-refractivity contribution >= 4 is 12.0 Å². The number of amides is 2. The van der Waals surface area contributed by atoms with E-state index in [0.29, 0.717) is 26.2 Å². The molecule has 2 atom stereocenters. The van der Waals surface area contributed by atoms with Gasteiger partial charge in [-0.3, -0.25) is 4.79 Å². The van der Waals surface area contributed by atoms with Crippen molar-refractivity contribution < 1.29 is 19.4 Å². The van der Waals surface area contributed by atoms with E-state index >= 15 is 0 Å². The molecule has 1 fully saturated rings. The first-order chi connectivity index (χ1) is 8.49. The summed E-state index contributed by atoms with van der Waals surface area (Å²) < 4.78 is 5.46. The highest BCUT2D eigenvalue weighted by atomic mass is 16.5. The number of hydrogen-bond donors (Lipinski definition) is 2. The van der Waals surface area contributed by atoms with Crippen molar-refractivity contribution in [1.29, 1.82) is 0 Å². The Morgan fingerprint density at radius 1 is 1.56 bits per heavy atom. The van der Waals surface area contributed by atoms with Gasteiger partial charge in [-0.1, -0.05) is 6.92 Å². The third kappa shape index (κ3) is 5.35. The maximum absolute atomic E-state index is 11.9. The van der Waals surface area contributed by atoms with E-state index in [1.54, 1.807) is 4.90 Å². The topological polar surface area (TPSA) is 78.9 Å². The van der Waals surface area contributed by atoms with Gasteiger partial charge in [-0.05, 0) is 19.3 Å². The molecule has 1 heterocycles. The zero-order chi connectivity index (χ0) is 13.5. The second-order valence-corrected chi connectivity index (χ2v) is 4.87. The smallest absolute Gasteiger partial charge is 0.317 e. The van der Waals surface area contributed by atoms with Gasteiger partial charge in [0.15, 0.2) is 0 Å². The van der Waals surface area contributed by atoms with Gasteiger partial charge in [0, 0.05) is 32.7 Å². The second-order valence-electron chi connectivity index (χ2n) is 4.87. The number of ether oxygens (including phenoxy) is 1. The van der Waals surface area contributed by atoms with Crippen molar-refractivity contribution in [3.63, 3.8) is 0 Å². The van der Waals surface area contributed by atoms with Crippen LogP contribution < -0.4 is 5.32 Å². The molecule has 2 N–H and O–H groups in total. The molecule has 1 aliphatic heterocycles. The number of nitrogens with one attached hydrogen (secondary N) is 1. The fourth-order valence-electron chi connectivity index (χ4n) is 1.92. The van der Waals surface area contributed by atoms with Crippen LogP contribution in [0.15, 0.2) is 0 Å². The number of carboxylic acids is 1. The minimum absolute atomic E-state index is 0.0506. The third-order valence-electron chi connectivity index (χ3n) is 2.86. The molecule has 1 rings (SSSR count). The van der Waals surface area contributed by atoms with E-state index in [2.05, 4.69) is 5.32 Å². The average Bonchev–Trinajstić information content (AvgIpc) is 2.50. The third-order valence-corrected chi connectivity index (χ3v) is 2.86. The Hall–Kier alpha value is -1.30. The fraction of sp³-hybridized carbons (Fsp3) is 0.833. The second kappa shape index (κ2) is 7.20. The number of aliphatic carboxylic acids is 1. The molecule has 0 radical (unpaired) electrons. The molecule has 1 saturated heterocycles. The molecule has 0 saturated carbocycles. The van der Waals surface area contributed by atoms with E-state index in [1.165, 1.54) is 0 Å². The lowest BCUT2D eigenvalue weighted by Gasteiger charge is -2.23. The van der Waals surface area contributed by atoms with Crippen LogP contribution in [0.1, 0.15) is 26.7 Å². The molecule has 0 spiro atoms. The summed E-state index contributed by atoms with van der Waals surface area (Å²) in [5.41, 5.74) is 0. The van der Waals surface area contributed by atoms with Gasteiger partial charge >= 0.3 is 12.0 Å². The lowest BCUT2D eigenvalue weighted by atomic mass is 10.1.